The highest BCUT2D eigenvalue weighted by Crippen LogP contribution is 2.37. The Bertz CT molecular complexity index is 1630. The molecule has 6 atom stereocenters. The van der Waals surface area contributed by atoms with Gasteiger partial charge in [0.15, 0.2) is 0 Å². The van der Waals surface area contributed by atoms with E-state index in [4.69, 9.17) is 35.9 Å². The van der Waals surface area contributed by atoms with Crippen LogP contribution >= 0.6 is 28.1 Å². The first-order chi connectivity index (χ1) is 23.2. The van der Waals surface area contributed by atoms with Crippen molar-refractivity contribution in [2.45, 2.75) is 61.8 Å². The van der Waals surface area contributed by atoms with Crippen LogP contribution < -0.4 is 0 Å². The second-order valence-electron chi connectivity index (χ2n) is 11.3. The summed E-state index contributed by atoms with van der Waals surface area (Å²) in [5, 5.41) is 0.248. The van der Waals surface area contributed by atoms with E-state index in [1.54, 1.807) is 23.3 Å². The van der Waals surface area contributed by atoms with Gasteiger partial charge in [0.25, 0.3) is 5.17 Å². The van der Waals surface area contributed by atoms with E-state index >= 15 is 0 Å². The molecule has 1 aliphatic rings. The first kappa shape index (κ1) is 33.2. The quantitative estimate of drug-likeness (QED) is 0.0925. The lowest BCUT2D eigenvalue weighted by molar-refractivity contribution is -0.235. The number of imidazole rings is 1. The van der Waals surface area contributed by atoms with E-state index in [1.807, 2.05) is 121 Å². The van der Waals surface area contributed by atoms with Crippen molar-refractivity contribution in [1.29, 1.82) is 0 Å². The lowest BCUT2D eigenvalue weighted by Crippen LogP contribution is -2.65. The minimum absolute atomic E-state index is 0.248. The van der Waals surface area contributed by atoms with Crippen LogP contribution in [0.3, 0.4) is 0 Å². The second-order valence-corrected chi connectivity index (χ2v) is 12.7. The Morgan fingerprint density at radius 3 is 1.30 bits per heavy atom. The molecular formula is C38H37BrN2O5S. The highest BCUT2D eigenvalue weighted by molar-refractivity contribution is 9.09. The molecule has 1 aliphatic carbocycles. The predicted molar refractivity (Wildman–Crippen MR) is 188 cm³/mol. The molecule has 1 fully saturated rings. The standard InChI is InChI=1S/C38H37BrN2O5S/c39-32-33(42-23-28-13-5-1-6-14-28)35(43-24-29-15-7-2-8-16-29)37(45-26-31-19-11-4-12-20-31)36(44-25-30-17-9-3-10-18-30)34(32)46-38(47)41-22-21-40-27-41/h1-22,27,32-37H,23-26H2/t32-,33+,34+,35-,36+,37+/m1/s1. The molecule has 0 amide bonds. The number of alkyl halides is 1. The molecule has 0 spiro atoms. The Morgan fingerprint density at radius 1 is 0.553 bits per heavy atom. The number of thiocarbonyl (C=S) groups is 1. The van der Waals surface area contributed by atoms with Gasteiger partial charge in [-0.2, -0.15) is 0 Å². The highest BCUT2D eigenvalue weighted by atomic mass is 79.9. The van der Waals surface area contributed by atoms with Crippen LogP contribution in [-0.4, -0.2) is 50.1 Å². The molecule has 0 aliphatic heterocycles. The lowest BCUT2D eigenvalue weighted by atomic mass is 9.86. The smallest absolute Gasteiger partial charge is 0.269 e. The third kappa shape index (κ3) is 9.01. The van der Waals surface area contributed by atoms with Crippen molar-refractivity contribution in [3.63, 3.8) is 0 Å². The summed E-state index contributed by atoms with van der Waals surface area (Å²) in [5.74, 6) is 0. The van der Waals surface area contributed by atoms with Crippen LogP contribution in [0.1, 0.15) is 22.3 Å². The average molecular weight is 714 g/mol. The van der Waals surface area contributed by atoms with Crippen LogP contribution in [-0.2, 0) is 50.1 Å². The van der Waals surface area contributed by atoms with E-state index in [1.165, 1.54) is 0 Å². The largest absolute Gasteiger partial charge is 0.463 e. The van der Waals surface area contributed by atoms with Crippen LogP contribution in [0.5, 0.6) is 0 Å². The van der Waals surface area contributed by atoms with Crippen molar-refractivity contribution in [3.8, 4) is 0 Å². The molecule has 7 nitrogen and oxygen atoms in total. The molecule has 1 saturated carbocycles. The zero-order valence-corrected chi connectivity index (χ0v) is 28.2. The number of halogens is 1. The van der Waals surface area contributed by atoms with Gasteiger partial charge in [-0.1, -0.05) is 137 Å². The van der Waals surface area contributed by atoms with Gasteiger partial charge >= 0.3 is 0 Å². The van der Waals surface area contributed by atoms with Crippen LogP contribution in [0.2, 0.25) is 0 Å². The van der Waals surface area contributed by atoms with Crippen molar-refractivity contribution in [2.75, 3.05) is 0 Å². The molecular weight excluding hydrogens is 676 g/mol. The normalized spacial score (nSPS) is 22.5. The SMILES string of the molecule is S=C(O[C@H]1[C@H](Br)[C@H](OCc2ccccc2)[C@@H](OCc2ccccc2)[C@H](OCc2ccccc2)[C@H]1OCc1ccccc1)n1ccnc1. The maximum atomic E-state index is 6.81. The number of hydrogen-bond acceptors (Lipinski definition) is 7. The van der Waals surface area contributed by atoms with E-state index in [0.29, 0.717) is 26.4 Å². The zero-order chi connectivity index (χ0) is 32.3. The Labute approximate surface area is 289 Å². The van der Waals surface area contributed by atoms with Crippen molar-refractivity contribution in [3.05, 3.63) is 162 Å². The molecule has 0 bridgehead atoms. The summed E-state index contributed by atoms with van der Waals surface area (Å²) in [7, 11) is 0. The Kier molecular flexibility index (Phi) is 12.0. The predicted octanol–water partition coefficient (Wildman–Crippen LogP) is 7.52. The molecule has 0 unspecified atom stereocenters. The summed E-state index contributed by atoms with van der Waals surface area (Å²) in [5.41, 5.74) is 4.15. The molecule has 4 aromatic carbocycles. The monoisotopic (exact) mass is 712 g/mol. The number of benzene rings is 4. The van der Waals surface area contributed by atoms with E-state index in [9.17, 15) is 0 Å². The molecule has 6 rings (SSSR count). The second kappa shape index (κ2) is 16.9. The van der Waals surface area contributed by atoms with E-state index in [2.05, 4.69) is 20.9 Å². The van der Waals surface area contributed by atoms with Gasteiger partial charge in [0.05, 0.1) is 31.3 Å². The van der Waals surface area contributed by atoms with Gasteiger partial charge in [-0.15, -0.1) is 0 Å². The molecule has 242 valence electrons. The third-order valence-electron chi connectivity index (χ3n) is 8.02. The van der Waals surface area contributed by atoms with Crippen LogP contribution in [0.15, 0.2) is 140 Å². The molecule has 9 heteroatoms. The first-order valence-corrected chi connectivity index (χ1v) is 16.9. The Balaban J connectivity index is 1.36. The minimum atomic E-state index is -0.605. The molecule has 0 N–H and O–H groups in total. The van der Waals surface area contributed by atoms with Crippen LogP contribution in [0, 0.1) is 0 Å². The number of rotatable bonds is 13. The average Bonchev–Trinajstić information content (AvgIpc) is 3.67. The van der Waals surface area contributed by atoms with Gasteiger partial charge in [-0.3, -0.25) is 4.57 Å². The van der Waals surface area contributed by atoms with Gasteiger partial charge in [-0.25, -0.2) is 4.98 Å². The zero-order valence-electron chi connectivity index (χ0n) is 25.8. The van der Waals surface area contributed by atoms with E-state index < -0.39 is 30.5 Å². The molecule has 0 radical (unpaired) electrons. The van der Waals surface area contributed by atoms with Crippen LogP contribution in [0.4, 0.5) is 0 Å². The summed E-state index contributed by atoms with van der Waals surface area (Å²) in [6.45, 7) is 1.43. The fourth-order valence-corrected chi connectivity index (χ4v) is 6.69. The van der Waals surface area contributed by atoms with E-state index in [-0.39, 0.29) is 10.0 Å². The molecule has 5 aromatic rings. The molecule has 0 saturated heterocycles. The molecule has 47 heavy (non-hydrogen) atoms. The minimum Gasteiger partial charge on any atom is -0.463 e. The Hall–Kier alpha value is -3.70. The maximum Gasteiger partial charge on any atom is 0.269 e. The summed E-state index contributed by atoms with van der Waals surface area (Å²) in [4.78, 5) is 3.77. The van der Waals surface area contributed by atoms with Gasteiger partial charge in [-0.05, 0) is 34.5 Å². The highest BCUT2D eigenvalue weighted by Gasteiger charge is 2.54. The fourth-order valence-electron chi connectivity index (χ4n) is 5.61. The van der Waals surface area contributed by atoms with E-state index in [0.717, 1.165) is 22.3 Å². The van der Waals surface area contributed by atoms with Gasteiger partial charge in [0, 0.05) is 12.4 Å². The molecule has 1 aromatic heterocycles. The summed E-state index contributed by atoms with van der Waals surface area (Å²) in [6.07, 6.45) is 2.22. The van der Waals surface area contributed by atoms with Crippen LogP contribution in [0.25, 0.3) is 0 Å². The van der Waals surface area contributed by atoms with Crippen molar-refractivity contribution in [1.82, 2.24) is 9.55 Å². The van der Waals surface area contributed by atoms with Gasteiger partial charge in [0.1, 0.15) is 36.8 Å². The third-order valence-corrected chi connectivity index (χ3v) is 9.37. The van der Waals surface area contributed by atoms with Gasteiger partial charge < -0.3 is 23.7 Å². The first-order valence-electron chi connectivity index (χ1n) is 15.6. The van der Waals surface area contributed by atoms with Crippen molar-refractivity contribution < 1.29 is 23.7 Å². The number of hydrogen-bond donors (Lipinski definition) is 0. The fraction of sp³-hybridized carbons (Fsp3) is 0.263. The summed E-state index contributed by atoms with van der Waals surface area (Å²) >= 11 is 9.75. The number of ether oxygens (including phenoxy) is 5. The molecule has 1 heterocycles. The summed E-state index contributed by atoms with van der Waals surface area (Å²) < 4.78 is 35.3. The summed E-state index contributed by atoms with van der Waals surface area (Å²) in [6, 6.07) is 40.3. The van der Waals surface area contributed by atoms with Crippen molar-refractivity contribution >= 4 is 33.3 Å². The van der Waals surface area contributed by atoms with Gasteiger partial charge in [0.2, 0.25) is 0 Å². The lowest BCUT2D eigenvalue weighted by Gasteiger charge is -2.48. The topological polar surface area (TPSA) is 64.0 Å². The van der Waals surface area contributed by atoms with Crippen molar-refractivity contribution in [2.24, 2.45) is 0 Å². The Morgan fingerprint density at radius 2 is 0.915 bits per heavy atom. The number of nitrogens with zero attached hydrogens (tertiary/aromatic N) is 2. The number of aromatic nitrogens is 2. The maximum absolute atomic E-state index is 6.81.